The van der Waals surface area contributed by atoms with Crippen molar-refractivity contribution in [2.75, 3.05) is 0 Å². The molecule has 4 atom stereocenters. The number of benzene rings is 1. The van der Waals surface area contributed by atoms with Gasteiger partial charge in [-0.25, -0.2) is 0 Å². The molecule has 3 N–H and O–H groups in total. The molecule has 30 heavy (non-hydrogen) atoms. The molecule has 0 aliphatic heterocycles. The van der Waals surface area contributed by atoms with Crippen LogP contribution in [0.15, 0.2) is 54.1 Å². The number of aryl methyl sites for hydroxylation is 1. The summed E-state index contributed by atoms with van der Waals surface area (Å²) in [6.07, 6.45) is 1.65. The predicted octanol–water partition coefficient (Wildman–Crippen LogP) is 5.74. The first-order chi connectivity index (χ1) is 16.8. The summed E-state index contributed by atoms with van der Waals surface area (Å²) in [5.74, 6) is 0. The first-order valence-corrected chi connectivity index (χ1v) is 10.9. The summed E-state index contributed by atoms with van der Waals surface area (Å²) in [4.78, 5) is 0. The second-order valence-corrected chi connectivity index (χ2v) is 8.00. The molecule has 0 saturated heterocycles. The van der Waals surface area contributed by atoms with Crippen molar-refractivity contribution in [3.8, 4) is 0 Å². The zero-order valence-electron chi connectivity index (χ0n) is 24.0. The Morgan fingerprint density at radius 1 is 1.33 bits per heavy atom. The van der Waals surface area contributed by atoms with E-state index in [4.69, 9.17) is 8.22 Å². The molecule has 1 saturated carbocycles. The van der Waals surface area contributed by atoms with Crippen molar-refractivity contribution in [1.82, 2.24) is 0 Å². The molecule has 3 nitrogen and oxygen atoms in total. The minimum atomic E-state index is -2.47. The highest BCUT2D eigenvalue weighted by molar-refractivity contribution is 5.68. The van der Waals surface area contributed by atoms with Crippen molar-refractivity contribution >= 4 is 5.57 Å². The van der Waals surface area contributed by atoms with Crippen LogP contribution in [0.3, 0.4) is 0 Å². The number of aliphatic hydroxyl groups excluding tert-OH is 3. The molecular weight excluding hydrogens is 372 g/mol. The van der Waals surface area contributed by atoms with Gasteiger partial charge < -0.3 is 15.3 Å². The maximum atomic E-state index is 10.1. The number of hydrogen-bond acceptors (Lipinski definition) is 3. The van der Waals surface area contributed by atoms with Gasteiger partial charge in [-0.1, -0.05) is 69.2 Å². The Balaban J connectivity index is 2.25. The Kier molecular flexibility index (Phi) is 7.28. The number of unbranched alkanes of at least 4 members (excludes halogenated alkanes) is 1. The summed E-state index contributed by atoms with van der Waals surface area (Å²) < 4.78 is 47.3. The molecule has 0 bridgehead atoms. The standard InChI is InChI=1S/C27H40O3/c1-4-5-13-23(15-16-24-18-26(29)19-27(30)21(24)3)25-14-9-12-22(17-25)11-8-6-7-10-20(2)28/h9,12,14-17,20,26-30H,3-8,10-11,13,18-19H2,1-2H3/b23-15+,24-16-/t20?,26-,27+/m1/s1/i2D3,8D,11D2/t8?,20?,26-,27+. The van der Waals surface area contributed by atoms with Crippen molar-refractivity contribution < 1.29 is 23.5 Å². The van der Waals surface area contributed by atoms with Gasteiger partial charge in [-0.15, -0.1) is 0 Å². The fourth-order valence-corrected chi connectivity index (χ4v) is 3.56. The van der Waals surface area contributed by atoms with Gasteiger partial charge in [-0.3, -0.25) is 0 Å². The molecule has 2 rings (SSSR count). The Hall–Kier alpha value is -1.68. The molecule has 1 aliphatic rings. The van der Waals surface area contributed by atoms with Gasteiger partial charge in [0.15, 0.2) is 0 Å². The quantitative estimate of drug-likeness (QED) is 0.429. The van der Waals surface area contributed by atoms with Crippen LogP contribution in [-0.4, -0.2) is 33.6 Å². The van der Waals surface area contributed by atoms with E-state index in [2.05, 4.69) is 13.5 Å². The van der Waals surface area contributed by atoms with Gasteiger partial charge in [0.2, 0.25) is 0 Å². The second-order valence-electron chi connectivity index (χ2n) is 8.00. The van der Waals surface area contributed by atoms with Crippen LogP contribution in [0, 0.1) is 0 Å². The highest BCUT2D eigenvalue weighted by Gasteiger charge is 2.24. The van der Waals surface area contributed by atoms with E-state index in [0.717, 1.165) is 36.0 Å². The minimum Gasteiger partial charge on any atom is -0.393 e. The maximum absolute atomic E-state index is 10.1. The third-order valence-electron chi connectivity index (χ3n) is 5.38. The Bertz CT molecular complexity index is 938. The van der Waals surface area contributed by atoms with Crippen LogP contribution in [0.4, 0.5) is 0 Å². The third kappa shape index (κ3) is 8.22. The van der Waals surface area contributed by atoms with E-state index in [9.17, 15) is 15.3 Å². The van der Waals surface area contributed by atoms with E-state index in [1.807, 2.05) is 18.2 Å². The summed E-state index contributed by atoms with van der Waals surface area (Å²) in [6, 6.07) is 7.10. The summed E-state index contributed by atoms with van der Waals surface area (Å²) in [6.45, 7) is 3.58. The fourth-order valence-electron chi connectivity index (χ4n) is 3.56. The normalized spacial score (nSPS) is 27.4. The molecule has 1 aromatic carbocycles. The van der Waals surface area contributed by atoms with E-state index < -0.39 is 37.9 Å². The topological polar surface area (TPSA) is 60.7 Å². The Morgan fingerprint density at radius 3 is 2.93 bits per heavy atom. The summed E-state index contributed by atoms with van der Waals surface area (Å²) in [5, 5.41) is 29.9. The van der Waals surface area contributed by atoms with Crippen LogP contribution in [0.25, 0.3) is 5.57 Å². The Morgan fingerprint density at radius 2 is 2.17 bits per heavy atom. The van der Waals surface area contributed by atoms with Gasteiger partial charge in [0.1, 0.15) is 0 Å². The summed E-state index contributed by atoms with van der Waals surface area (Å²) in [5.41, 5.74) is 3.62. The molecule has 0 aromatic heterocycles. The van der Waals surface area contributed by atoms with E-state index in [1.165, 1.54) is 0 Å². The van der Waals surface area contributed by atoms with Gasteiger partial charge >= 0.3 is 0 Å². The van der Waals surface area contributed by atoms with Crippen LogP contribution < -0.4 is 0 Å². The van der Waals surface area contributed by atoms with Gasteiger partial charge in [0, 0.05) is 14.6 Å². The predicted molar refractivity (Wildman–Crippen MR) is 126 cm³/mol. The molecule has 1 aliphatic carbocycles. The van der Waals surface area contributed by atoms with Crippen LogP contribution in [-0.2, 0) is 6.37 Å². The molecule has 1 fully saturated rings. The van der Waals surface area contributed by atoms with Crippen LogP contribution in [0.5, 0.6) is 0 Å². The van der Waals surface area contributed by atoms with Crippen molar-refractivity contribution in [2.24, 2.45) is 0 Å². The number of rotatable bonds is 11. The zero-order chi connectivity index (χ0) is 27.1. The molecule has 0 heterocycles. The van der Waals surface area contributed by atoms with Gasteiger partial charge in [0.25, 0.3) is 0 Å². The average Bonchev–Trinajstić information content (AvgIpc) is 2.81. The fraction of sp³-hybridized carbons (Fsp3) is 0.556. The molecule has 166 valence electrons. The summed E-state index contributed by atoms with van der Waals surface area (Å²) in [7, 11) is 0. The van der Waals surface area contributed by atoms with Crippen molar-refractivity contribution in [2.45, 2.75) is 96.2 Å². The Labute approximate surface area is 191 Å². The van der Waals surface area contributed by atoms with Crippen molar-refractivity contribution in [3.63, 3.8) is 0 Å². The SMILES string of the molecule is [2H]C(CCCC(O)C([2H])([2H])[2H])C([2H])([2H])c1cccc(/C(=C/C=C2/C[C@@H](O)C[C@H](O)C2=C)CCCC)c1. The number of aliphatic hydroxyl groups is 3. The smallest absolute Gasteiger partial charge is 0.0811 e. The third-order valence-corrected chi connectivity index (χ3v) is 5.38. The monoisotopic (exact) mass is 418 g/mol. The molecule has 3 heteroatoms. The molecule has 0 radical (unpaired) electrons. The molecular formula is C27H40O3. The highest BCUT2D eigenvalue weighted by atomic mass is 16.3. The van der Waals surface area contributed by atoms with Crippen LogP contribution in [0.2, 0.25) is 0 Å². The van der Waals surface area contributed by atoms with E-state index in [0.29, 0.717) is 17.6 Å². The first kappa shape index (κ1) is 16.9. The number of hydrogen-bond donors (Lipinski definition) is 3. The second kappa shape index (κ2) is 12.9. The first-order valence-electron chi connectivity index (χ1n) is 14.0. The van der Waals surface area contributed by atoms with Gasteiger partial charge in [-0.05, 0) is 73.2 Å². The largest absolute Gasteiger partial charge is 0.393 e. The molecule has 1 aromatic rings. The molecule has 0 spiro atoms. The van der Waals surface area contributed by atoms with Crippen LogP contribution in [0.1, 0.15) is 90.9 Å². The summed E-state index contributed by atoms with van der Waals surface area (Å²) >= 11 is 0. The lowest BCUT2D eigenvalue weighted by atomic mass is 9.85. The van der Waals surface area contributed by atoms with E-state index >= 15 is 0 Å². The molecule has 0 amide bonds. The lowest BCUT2D eigenvalue weighted by Gasteiger charge is -2.26. The lowest BCUT2D eigenvalue weighted by Crippen LogP contribution is -2.26. The number of allylic oxidation sites excluding steroid dienone is 3. The van der Waals surface area contributed by atoms with Crippen LogP contribution >= 0.6 is 0 Å². The van der Waals surface area contributed by atoms with Gasteiger partial charge in [0.05, 0.1) is 18.3 Å². The van der Waals surface area contributed by atoms with Crippen molar-refractivity contribution in [3.05, 3.63) is 65.3 Å². The van der Waals surface area contributed by atoms with Gasteiger partial charge in [-0.2, -0.15) is 0 Å². The van der Waals surface area contributed by atoms with E-state index in [-0.39, 0.29) is 25.7 Å². The average molecular weight is 419 g/mol. The van der Waals surface area contributed by atoms with E-state index in [1.54, 1.807) is 18.2 Å². The highest BCUT2D eigenvalue weighted by Crippen LogP contribution is 2.30. The van der Waals surface area contributed by atoms with Crippen molar-refractivity contribution in [1.29, 1.82) is 0 Å². The maximum Gasteiger partial charge on any atom is 0.0811 e. The lowest BCUT2D eigenvalue weighted by molar-refractivity contribution is 0.0862. The zero-order valence-corrected chi connectivity index (χ0v) is 18.0. The molecule has 2 unspecified atom stereocenters. The minimum absolute atomic E-state index is 0.00471.